The molecule has 0 radical (unpaired) electrons. The van der Waals surface area contributed by atoms with E-state index >= 15 is 0 Å². The summed E-state index contributed by atoms with van der Waals surface area (Å²) in [6.07, 6.45) is 11.0. The number of aryl methyl sites for hydroxylation is 1. The van der Waals surface area contributed by atoms with E-state index in [4.69, 9.17) is 0 Å². The third kappa shape index (κ3) is 5.43. The molecule has 0 nitrogen and oxygen atoms in total. The minimum Gasteiger partial charge on any atom is -0.103 e. The van der Waals surface area contributed by atoms with Gasteiger partial charge in [-0.05, 0) is 42.7 Å². The molecular weight excluding hydrogens is 252 g/mol. The van der Waals surface area contributed by atoms with Gasteiger partial charge in [-0.25, -0.2) is 0 Å². The molecule has 0 aliphatic rings. The second-order valence-corrected chi connectivity index (χ2v) is 5.36. The van der Waals surface area contributed by atoms with E-state index in [1.807, 2.05) is 6.08 Å². The lowest BCUT2D eigenvalue weighted by molar-refractivity contribution is 0.711. The Balaban J connectivity index is 1.81. The lowest BCUT2D eigenvalue weighted by atomic mass is 9.92. The Morgan fingerprint density at radius 2 is 1.48 bits per heavy atom. The molecule has 0 aromatic heterocycles. The average molecular weight is 276 g/mol. The van der Waals surface area contributed by atoms with Gasteiger partial charge in [-0.3, -0.25) is 0 Å². The van der Waals surface area contributed by atoms with Crippen LogP contribution in [0, 0.1) is 0 Å². The molecule has 2 aromatic rings. The Hall–Kier alpha value is -2.08. The van der Waals surface area contributed by atoms with Gasteiger partial charge in [0.05, 0.1) is 0 Å². The van der Waals surface area contributed by atoms with Gasteiger partial charge in [-0.15, -0.1) is 6.58 Å². The summed E-state index contributed by atoms with van der Waals surface area (Å²) in [6, 6.07) is 21.4. The second-order valence-electron chi connectivity index (χ2n) is 5.36. The zero-order valence-electron chi connectivity index (χ0n) is 12.6. The van der Waals surface area contributed by atoms with E-state index in [-0.39, 0.29) is 0 Å². The summed E-state index contributed by atoms with van der Waals surface area (Å²) in [5.74, 6) is 0.552. The van der Waals surface area contributed by atoms with Crippen molar-refractivity contribution in [3.8, 4) is 0 Å². The van der Waals surface area contributed by atoms with Gasteiger partial charge >= 0.3 is 0 Å². The van der Waals surface area contributed by atoms with Crippen molar-refractivity contribution in [2.45, 2.75) is 31.6 Å². The molecule has 0 aliphatic carbocycles. The monoisotopic (exact) mass is 276 g/mol. The summed E-state index contributed by atoms with van der Waals surface area (Å²) in [5.41, 5.74) is 2.82. The van der Waals surface area contributed by atoms with Crippen LogP contribution in [-0.2, 0) is 6.42 Å². The van der Waals surface area contributed by atoms with Crippen LogP contribution >= 0.6 is 0 Å². The Labute approximate surface area is 128 Å². The fourth-order valence-corrected chi connectivity index (χ4v) is 2.57. The van der Waals surface area contributed by atoms with E-state index < -0.39 is 0 Å². The highest BCUT2D eigenvalue weighted by molar-refractivity contribution is 5.21. The summed E-state index contributed by atoms with van der Waals surface area (Å²) < 4.78 is 0. The maximum atomic E-state index is 3.89. The van der Waals surface area contributed by atoms with E-state index in [0.717, 1.165) is 25.7 Å². The van der Waals surface area contributed by atoms with Gasteiger partial charge in [0.2, 0.25) is 0 Å². The molecule has 1 unspecified atom stereocenters. The van der Waals surface area contributed by atoms with Gasteiger partial charge in [0.25, 0.3) is 0 Å². The largest absolute Gasteiger partial charge is 0.103 e. The van der Waals surface area contributed by atoms with Crippen LogP contribution in [0.4, 0.5) is 0 Å². The molecule has 0 N–H and O–H groups in total. The highest BCUT2D eigenvalue weighted by Gasteiger charge is 2.06. The summed E-state index contributed by atoms with van der Waals surface area (Å²) in [5, 5.41) is 0. The number of benzene rings is 2. The standard InChI is InChI=1S/C21H24/c1-2-12-20(21-17-10-5-11-18-21)16-9-4-8-15-19-13-6-3-7-14-19/h2-7,9-11,13-14,17-18,20H,1,8,12,15-16H2. The summed E-state index contributed by atoms with van der Waals surface area (Å²) in [7, 11) is 0. The number of allylic oxidation sites excluding steroid dienone is 3. The lowest BCUT2D eigenvalue weighted by Gasteiger charge is -2.13. The van der Waals surface area contributed by atoms with Crippen LogP contribution < -0.4 is 0 Å². The molecule has 108 valence electrons. The van der Waals surface area contributed by atoms with Crippen LogP contribution in [0.15, 0.2) is 85.5 Å². The summed E-state index contributed by atoms with van der Waals surface area (Å²) in [4.78, 5) is 0. The van der Waals surface area contributed by atoms with Crippen LogP contribution in [0.5, 0.6) is 0 Å². The topological polar surface area (TPSA) is 0 Å². The third-order valence-corrected chi connectivity index (χ3v) is 3.75. The zero-order valence-corrected chi connectivity index (χ0v) is 12.6. The Bertz CT molecular complexity index is 537. The molecule has 0 heterocycles. The maximum absolute atomic E-state index is 3.89. The fourth-order valence-electron chi connectivity index (χ4n) is 2.57. The second kappa shape index (κ2) is 8.97. The van der Waals surface area contributed by atoms with Crippen molar-refractivity contribution in [3.63, 3.8) is 0 Å². The Morgan fingerprint density at radius 3 is 2.14 bits per heavy atom. The van der Waals surface area contributed by atoms with Crippen molar-refractivity contribution >= 4 is 0 Å². The number of hydrogen-bond donors (Lipinski definition) is 0. The minimum absolute atomic E-state index is 0.552. The van der Waals surface area contributed by atoms with Gasteiger partial charge in [0, 0.05) is 0 Å². The first-order valence-corrected chi connectivity index (χ1v) is 7.75. The van der Waals surface area contributed by atoms with Gasteiger partial charge in [0.15, 0.2) is 0 Å². The van der Waals surface area contributed by atoms with Gasteiger partial charge < -0.3 is 0 Å². The number of hydrogen-bond acceptors (Lipinski definition) is 0. The van der Waals surface area contributed by atoms with E-state index in [1.54, 1.807) is 0 Å². The molecule has 0 amide bonds. The van der Waals surface area contributed by atoms with Crippen molar-refractivity contribution in [2.75, 3.05) is 0 Å². The van der Waals surface area contributed by atoms with Crippen molar-refractivity contribution in [1.29, 1.82) is 0 Å². The Morgan fingerprint density at radius 1 is 0.810 bits per heavy atom. The van der Waals surface area contributed by atoms with Crippen molar-refractivity contribution in [3.05, 3.63) is 96.6 Å². The lowest BCUT2D eigenvalue weighted by Crippen LogP contribution is -1.95. The molecule has 0 spiro atoms. The van der Waals surface area contributed by atoms with Crippen LogP contribution in [0.3, 0.4) is 0 Å². The molecule has 2 aromatic carbocycles. The SMILES string of the molecule is C=CCC(CC=CCCc1ccccc1)c1ccccc1. The first-order valence-electron chi connectivity index (χ1n) is 7.75. The van der Waals surface area contributed by atoms with Gasteiger partial charge in [-0.1, -0.05) is 78.9 Å². The third-order valence-electron chi connectivity index (χ3n) is 3.75. The van der Waals surface area contributed by atoms with Crippen LogP contribution in [-0.4, -0.2) is 0 Å². The molecular formula is C21H24. The highest BCUT2D eigenvalue weighted by Crippen LogP contribution is 2.24. The smallest absolute Gasteiger partial charge is 0.00929 e. The van der Waals surface area contributed by atoms with E-state index in [2.05, 4.69) is 79.4 Å². The van der Waals surface area contributed by atoms with Crippen molar-refractivity contribution in [1.82, 2.24) is 0 Å². The molecule has 0 heteroatoms. The average Bonchev–Trinajstić information content (AvgIpc) is 2.55. The van der Waals surface area contributed by atoms with Crippen LogP contribution in [0.2, 0.25) is 0 Å². The number of rotatable bonds is 8. The molecule has 0 fully saturated rings. The van der Waals surface area contributed by atoms with E-state index in [1.165, 1.54) is 11.1 Å². The van der Waals surface area contributed by atoms with Crippen molar-refractivity contribution < 1.29 is 0 Å². The molecule has 0 aliphatic heterocycles. The predicted octanol–water partition coefficient (Wildman–Crippen LogP) is 5.93. The maximum Gasteiger partial charge on any atom is -0.00929 e. The molecule has 21 heavy (non-hydrogen) atoms. The molecule has 2 rings (SSSR count). The quantitative estimate of drug-likeness (QED) is 0.524. The van der Waals surface area contributed by atoms with Gasteiger partial charge in [-0.2, -0.15) is 0 Å². The first kappa shape index (κ1) is 15.3. The molecule has 0 saturated heterocycles. The Kier molecular flexibility index (Phi) is 6.54. The van der Waals surface area contributed by atoms with Crippen LogP contribution in [0.1, 0.15) is 36.3 Å². The minimum atomic E-state index is 0.552. The molecule has 0 saturated carbocycles. The molecule has 0 bridgehead atoms. The molecule has 1 atom stereocenters. The van der Waals surface area contributed by atoms with Crippen LogP contribution in [0.25, 0.3) is 0 Å². The van der Waals surface area contributed by atoms with E-state index in [0.29, 0.717) is 5.92 Å². The van der Waals surface area contributed by atoms with Gasteiger partial charge in [0.1, 0.15) is 0 Å². The zero-order chi connectivity index (χ0) is 14.8. The first-order chi connectivity index (χ1) is 10.4. The highest BCUT2D eigenvalue weighted by atomic mass is 14.1. The normalized spacial score (nSPS) is 12.4. The predicted molar refractivity (Wildman–Crippen MR) is 92.5 cm³/mol. The summed E-state index contributed by atoms with van der Waals surface area (Å²) >= 11 is 0. The van der Waals surface area contributed by atoms with E-state index in [9.17, 15) is 0 Å². The summed E-state index contributed by atoms with van der Waals surface area (Å²) in [6.45, 7) is 3.89. The van der Waals surface area contributed by atoms with Crippen molar-refractivity contribution in [2.24, 2.45) is 0 Å². The fraction of sp³-hybridized carbons (Fsp3) is 0.238.